The number of likely N-dealkylation sites (tertiary alicyclic amines) is 1. The first kappa shape index (κ1) is 12.7. The van der Waals surface area contributed by atoms with Crippen LogP contribution in [-0.2, 0) is 9.59 Å². The third kappa shape index (κ3) is 2.42. The van der Waals surface area contributed by atoms with Crippen molar-refractivity contribution in [1.29, 1.82) is 0 Å². The van der Waals surface area contributed by atoms with Crippen molar-refractivity contribution < 1.29 is 14.7 Å². The Morgan fingerprint density at radius 2 is 2.12 bits per heavy atom. The third-order valence-electron chi connectivity index (χ3n) is 3.50. The number of carboxylic acid groups (broad SMARTS) is 1. The molecule has 1 N–H and O–H groups in total. The van der Waals surface area contributed by atoms with E-state index in [1.54, 1.807) is 16.7 Å². The van der Waals surface area contributed by atoms with Crippen LogP contribution >= 0.6 is 11.8 Å². The molecule has 2 heterocycles. The largest absolute Gasteiger partial charge is 0.480 e. The SMILES string of the molecule is CC1SCC(C(=O)O)N1C(=O)C1CCN(C)C1. The number of carboxylic acids is 1. The van der Waals surface area contributed by atoms with Gasteiger partial charge >= 0.3 is 5.97 Å². The van der Waals surface area contributed by atoms with Crippen LogP contribution in [0.5, 0.6) is 0 Å². The molecule has 1 amide bonds. The second kappa shape index (κ2) is 4.86. The van der Waals surface area contributed by atoms with E-state index < -0.39 is 12.0 Å². The molecular weight excluding hydrogens is 240 g/mol. The fourth-order valence-electron chi connectivity index (χ4n) is 2.51. The number of rotatable bonds is 2. The monoisotopic (exact) mass is 258 g/mol. The van der Waals surface area contributed by atoms with Gasteiger partial charge in [0.05, 0.1) is 11.3 Å². The van der Waals surface area contributed by atoms with Gasteiger partial charge in [-0.3, -0.25) is 4.79 Å². The molecule has 0 aromatic heterocycles. The third-order valence-corrected chi connectivity index (χ3v) is 4.72. The van der Waals surface area contributed by atoms with Gasteiger partial charge in [0.15, 0.2) is 0 Å². The molecule has 2 fully saturated rings. The highest BCUT2D eigenvalue weighted by molar-refractivity contribution is 8.00. The number of hydrogen-bond donors (Lipinski definition) is 1. The highest BCUT2D eigenvalue weighted by Crippen LogP contribution is 2.31. The second-order valence-electron chi connectivity index (χ2n) is 4.78. The summed E-state index contributed by atoms with van der Waals surface area (Å²) in [5, 5.41) is 9.11. The summed E-state index contributed by atoms with van der Waals surface area (Å²) in [6.45, 7) is 3.58. The summed E-state index contributed by atoms with van der Waals surface area (Å²) in [4.78, 5) is 27.1. The number of hydrogen-bond acceptors (Lipinski definition) is 4. The molecule has 2 saturated heterocycles. The first-order chi connectivity index (χ1) is 8.00. The topological polar surface area (TPSA) is 60.9 Å². The van der Waals surface area contributed by atoms with Crippen molar-refractivity contribution in [1.82, 2.24) is 9.80 Å². The Balaban J connectivity index is 2.09. The second-order valence-corrected chi connectivity index (χ2v) is 6.13. The van der Waals surface area contributed by atoms with E-state index in [-0.39, 0.29) is 17.2 Å². The highest BCUT2D eigenvalue weighted by Gasteiger charge is 2.42. The van der Waals surface area contributed by atoms with E-state index in [2.05, 4.69) is 4.90 Å². The maximum atomic E-state index is 12.3. The van der Waals surface area contributed by atoms with Crippen LogP contribution in [-0.4, -0.2) is 64.1 Å². The first-order valence-corrected chi connectivity index (χ1v) is 6.90. The Kier molecular flexibility index (Phi) is 3.63. The van der Waals surface area contributed by atoms with E-state index in [4.69, 9.17) is 5.11 Å². The van der Waals surface area contributed by atoms with Crippen molar-refractivity contribution >= 4 is 23.6 Å². The Morgan fingerprint density at radius 1 is 1.41 bits per heavy atom. The maximum Gasteiger partial charge on any atom is 0.327 e. The normalized spacial score (nSPS) is 34.2. The Hall–Kier alpha value is -0.750. The summed E-state index contributed by atoms with van der Waals surface area (Å²) in [5.74, 6) is -0.394. The molecule has 5 nitrogen and oxygen atoms in total. The molecule has 6 heteroatoms. The fraction of sp³-hybridized carbons (Fsp3) is 0.818. The van der Waals surface area contributed by atoms with Gasteiger partial charge in [0.25, 0.3) is 0 Å². The molecule has 0 radical (unpaired) electrons. The van der Waals surface area contributed by atoms with Gasteiger partial charge < -0.3 is 14.9 Å². The van der Waals surface area contributed by atoms with Crippen LogP contribution in [0.15, 0.2) is 0 Å². The van der Waals surface area contributed by atoms with E-state index in [1.165, 1.54) is 0 Å². The molecule has 0 aromatic carbocycles. The summed E-state index contributed by atoms with van der Waals surface area (Å²) < 4.78 is 0. The van der Waals surface area contributed by atoms with E-state index >= 15 is 0 Å². The average Bonchev–Trinajstić information content (AvgIpc) is 2.83. The summed E-state index contributed by atoms with van der Waals surface area (Å²) in [5.41, 5.74) is 0. The standard InChI is InChI=1S/C11H18N2O3S/c1-7-13(9(6-17-7)11(15)16)10(14)8-3-4-12(2)5-8/h7-9H,3-6H2,1-2H3,(H,15,16). The molecule has 2 aliphatic rings. The summed E-state index contributed by atoms with van der Waals surface area (Å²) in [6.07, 6.45) is 0.843. The lowest BCUT2D eigenvalue weighted by Crippen LogP contribution is -2.47. The molecule has 3 unspecified atom stereocenters. The van der Waals surface area contributed by atoms with Crippen LogP contribution < -0.4 is 0 Å². The lowest BCUT2D eigenvalue weighted by Gasteiger charge is -2.27. The summed E-state index contributed by atoms with van der Waals surface area (Å²) in [7, 11) is 1.99. The lowest BCUT2D eigenvalue weighted by atomic mass is 10.1. The first-order valence-electron chi connectivity index (χ1n) is 5.86. The Morgan fingerprint density at radius 3 is 2.65 bits per heavy atom. The van der Waals surface area contributed by atoms with Gasteiger partial charge in [0.1, 0.15) is 6.04 Å². The molecule has 96 valence electrons. The fourth-order valence-corrected chi connectivity index (χ4v) is 3.69. The van der Waals surface area contributed by atoms with Gasteiger partial charge in [-0.2, -0.15) is 0 Å². The predicted molar refractivity (Wildman–Crippen MR) is 65.8 cm³/mol. The van der Waals surface area contributed by atoms with Crippen LogP contribution in [0.3, 0.4) is 0 Å². The van der Waals surface area contributed by atoms with Crippen LogP contribution in [0.25, 0.3) is 0 Å². The molecule has 2 aliphatic heterocycles. The van der Waals surface area contributed by atoms with E-state index in [1.807, 2.05) is 14.0 Å². The van der Waals surface area contributed by atoms with Gasteiger partial charge in [-0.25, -0.2) is 4.79 Å². The number of carbonyl (C=O) groups is 2. The minimum atomic E-state index is -0.887. The smallest absolute Gasteiger partial charge is 0.327 e. The van der Waals surface area contributed by atoms with E-state index in [0.717, 1.165) is 19.5 Å². The summed E-state index contributed by atoms with van der Waals surface area (Å²) >= 11 is 1.54. The molecular formula is C11H18N2O3S. The zero-order valence-corrected chi connectivity index (χ0v) is 10.9. The summed E-state index contributed by atoms with van der Waals surface area (Å²) in [6, 6.07) is -0.645. The molecule has 0 spiro atoms. The molecule has 3 atom stereocenters. The average molecular weight is 258 g/mol. The lowest BCUT2D eigenvalue weighted by molar-refractivity contribution is -0.150. The van der Waals surface area contributed by atoms with Crippen molar-refractivity contribution in [3.63, 3.8) is 0 Å². The minimum Gasteiger partial charge on any atom is -0.480 e. The number of thioether (sulfide) groups is 1. The predicted octanol–water partition coefficient (Wildman–Crippen LogP) is 0.313. The van der Waals surface area contributed by atoms with Crippen molar-refractivity contribution in [2.45, 2.75) is 24.8 Å². The van der Waals surface area contributed by atoms with Crippen LogP contribution in [0.4, 0.5) is 0 Å². The van der Waals surface area contributed by atoms with Gasteiger partial charge in [-0.1, -0.05) is 0 Å². The molecule has 0 aromatic rings. The zero-order valence-electron chi connectivity index (χ0n) is 10.1. The number of amides is 1. The van der Waals surface area contributed by atoms with Crippen LogP contribution in [0, 0.1) is 5.92 Å². The molecule has 0 bridgehead atoms. The number of aliphatic carboxylic acids is 1. The van der Waals surface area contributed by atoms with E-state index in [0.29, 0.717) is 5.75 Å². The van der Waals surface area contributed by atoms with Crippen LogP contribution in [0.2, 0.25) is 0 Å². The van der Waals surface area contributed by atoms with Gasteiger partial charge in [0.2, 0.25) is 5.91 Å². The van der Waals surface area contributed by atoms with Crippen LogP contribution in [0.1, 0.15) is 13.3 Å². The van der Waals surface area contributed by atoms with E-state index in [9.17, 15) is 9.59 Å². The van der Waals surface area contributed by atoms with Crippen molar-refractivity contribution in [2.24, 2.45) is 5.92 Å². The number of nitrogens with zero attached hydrogens (tertiary/aromatic N) is 2. The van der Waals surface area contributed by atoms with Gasteiger partial charge in [-0.05, 0) is 26.9 Å². The van der Waals surface area contributed by atoms with Gasteiger partial charge in [-0.15, -0.1) is 11.8 Å². The minimum absolute atomic E-state index is 0.0132. The highest BCUT2D eigenvalue weighted by atomic mass is 32.2. The van der Waals surface area contributed by atoms with Crippen molar-refractivity contribution in [3.05, 3.63) is 0 Å². The number of carbonyl (C=O) groups excluding carboxylic acids is 1. The molecule has 0 saturated carbocycles. The van der Waals surface area contributed by atoms with Crippen molar-refractivity contribution in [3.8, 4) is 0 Å². The quantitative estimate of drug-likeness (QED) is 0.772. The Bertz CT molecular complexity index is 337. The maximum absolute atomic E-state index is 12.3. The van der Waals surface area contributed by atoms with Gasteiger partial charge in [0, 0.05) is 12.3 Å². The zero-order chi connectivity index (χ0) is 12.6. The van der Waals surface area contributed by atoms with Crippen molar-refractivity contribution in [2.75, 3.05) is 25.9 Å². The molecule has 0 aliphatic carbocycles. The molecule has 2 rings (SSSR count). The Labute approximate surface area is 105 Å². The molecule has 17 heavy (non-hydrogen) atoms.